The molecule has 0 spiro atoms. The van der Waals surface area contributed by atoms with Crippen LogP contribution >= 0.6 is 0 Å². The third-order valence-corrected chi connectivity index (χ3v) is 4.02. The zero-order chi connectivity index (χ0) is 12.4. The van der Waals surface area contributed by atoms with E-state index in [-0.39, 0.29) is 0 Å². The summed E-state index contributed by atoms with van der Waals surface area (Å²) in [5.74, 6) is 0. The number of hydrogen-bond acceptors (Lipinski definition) is 2. The second kappa shape index (κ2) is 4.97. The zero-order valence-corrected chi connectivity index (χ0v) is 11.0. The van der Waals surface area contributed by atoms with E-state index in [2.05, 4.69) is 41.1 Å². The standard InChI is InChI=1S/C16H20N2/c1-2-14-7-3-4-11-18(14)15-8-9-16-13(12-15)6-5-10-17-16/h5-6,8-10,12,14H,2-4,7,11H2,1H3. The molecular weight excluding hydrogens is 220 g/mol. The monoisotopic (exact) mass is 240 g/mol. The average molecular weight is 240 g/mol. The van der Waals surface area contributed by atoms with Gasteiger partial charge in [-0.05, 0) is 49.9 Å². The first-order valence-electron chi connectivity index (χ1n) is 7.00. The first-order chi connectivity index (χ1) is 8.88. The highest BCUT2D eigenvalue weighted by Gasteiger charge is 2.20. The average Bonchev–Trinajstić information content (AvgIpc) is 2.46. The highest BCUT2D eigenvalue weighted by atomic mass is 15.2. The van der Waals surface area contributed by atoms with Crippen LogP contribution in [0.15, 0.2) is 36.5 Å². The molecular formula is C16H20N2. The third kappa shape index (κ3) is 2.07. The van der Waals surface area contributed by atoms with E-state index >= 15 is 0 Å². The number of rotatable bonds is 2. The maximum Gasteiger partial charge on any atom is 0.0703 e. The summed E-state index contributed by atoms with van der Waals surface area (Å²) in [6, 6.07) is 11.5. The molecule has 2 nitrogen and oxygen atoms in total. The Kier molecular flexibility index (Phi) is 3.18. The van der Waals surface area contributed by atoms with Crippen molar-refractivity contribution in [2.45, 2.75) is 38.6 Å². The Balaban J connectivity index is 1.97. The van der Waals surface area contributed by atoms with Gasteiger partial charge in [0.05, 0.1) is 5.52 Å². The number of fused-ring (bicyclic) bond motifs is 1. The first kappa shape index (κ1) is 11.5. The molecule has 2 aromatic rings. The van der Waals surface area contributed by atoms with Crippen LogP contribution < -0.4 is 4.90 Å². The Morgan fingerprint density at radius 1 is 1.28 bits per heavy atom. The molecule has 1 fully saturated rings. The summed E-state index contributed by atoms with van der Waals surface area (Å²) in [5, 5.41) is 1.25. The summed E-state index contributed by atoms with van der Waals surface area (Å²) in [4.78, 5) is 6.97. The Labute approximate surface area is 109 Å². The molecule has 1 aromatic heterocycles. The lowest BCUT2D eigenvalue weighted by Crippen LogP contribution is -2.39. The summed E-state index contributed by atoms with van der Waals surface area (Å²) < 4.78 is 0. The van der Waals surface area contributed by atoms with Gasteiger partial charge in [0.15, 0.2) is 0 Å². The molecule has 1 aliphatic rings. The summed E-state index contributed by atoms with van der Waals surface area (Å²) in [7, 11) is 0. The van der Waals surface area contributed by atoms with Crippen LogP contribution in [-0.4, -0.2) is 17.6 Å². The summed E-state index contributed by atoms with van der Waals surface area (Å²) in [6.07, 6.45) is 7.14. The van der Waals surface area contributed by atoms with E-state index in [4.69, 9.17) is 0 Å². The van der Waals surface area contributed by atoms with Crippen molar-refractivity contribution in [2.24, 2.45) is 0 Å². The van der Waals surface area contributed by atoms with Gasteiger partial charge in [0.1, 0.15) is 0 Å². The van der Waals surface area contributed by atoms with Gasteiger partial charge in [-0.15, -0.1) is 0 Å². The SMILES string of the molecule is CCC1CCCCN1c1ccc2ncccc2c1. The van der Waals surface area contributed by atoms with Crippen molar-refractivity contribution in [2.75, 3.05) is 11.4 Å². The Morgan fingerprint density at radius 2 is 2.22 bits per heavy atom. The smallest absolute Gasteiger partial charge is 0.0703 e. The van der Waals surface area contributed by atoms with E-state index in [1.54, 1.807) is 0 Å². The van der Waals surface area contributed by atoms with Gasteiger partial charge in [-0.2, -0.15) is 0 Å². The summed E-state index contributed by atoms with van der Waals surface area (Å²) in [5.41, 5.74) is 2.45. The number of nitrogens with zero attached hydrogens (tertiary/aromatic N) is 2. The van der Waals surface area contributed by atoms with Crippen molar-refractivity contribution in [3.05, 3.63) is 36.5 Å². The molecule has 1 saturated heterocycles. The number of benzene rings is 1. The minimum absolute atomic E-state index is 0.716. The van der Waals surface area contributed by atoms with Crippen molar-refractivity contribution in [3.63, 3.8) is 0 Å². The normalized spacial score (nSPS) is 20.3. The highest BCUT2D eigenvalue weighted by molar-refractivity contribution is 5.82. The third-order valence-electron chi connectivity index (χ3n) is 4.02. The summed E-state index contributed by atoms with van der Waals surface area (Å²) in [6.45, 7) is 3.50. The lowest BCUT2D eigenvalue weighted by Gasteiger charge is -2.37. The molecule has 2 heterocycles. The molecule has 0 radical (unpaired) electrons. The molecule has 0 amide bonds. The fourth-order valence-electron chi connectivity index (χ4n) is 3.01. The predicted octanol–water partition coefficient (Wildman–Crippen LogP) is 4.00. The van der Waals surface area contributed by atoms with Gasteiger partial charge in [-0.1, -0.05) is 13.0 Å². The minimum Gasteiger partial charge on any atom is -0.369 e. The predicted molar refractivity (Wildman–Crippen MR) is 77.0 cm³/mol. The second-order valence-corrected chi connectivity index (χ2v) is 5.13. The molecule has 1 aromatic carbocycles. The highest BCUT2D eigenvalue weighted by Crippen LogP contribution is 2.28. The quantitative estimate of drug-likeness (QED) is 0.788. The maximum absolute atomic E-state index is 4.39. The van der Waals surface area contributed by atoms with Crippen molar-refractivity contribution in [1.29, 1.82) is 0 Å². The number of pyridine rings is 1. The second-order valence-electron chi connectivity index (χ2n) is 5.13. The molecule has 3 rings (SSSR count). The van der Waals surface area contributed by atoms with Gasteiger partial charge in [0, 0.05) is 29.9 Å². The zero-order valence-electron chi connectivity index (χ0n) is 11.0. The first-order valence-corrected chi connectivity index (χ1v) is 7.00. The van der Waals surface area contributed by atoms with Crippen LogP contribution in [0, 0.1) is 0 Å². The molecule has 0 N–H and O–H groups in total. The van der Waals surface area contributed by atoms with E-state index in [1.807, 2.05) is 12.3 Å². The number of piperidine rings is 1. The van der Waals surface area contributed by atoms with Gasteiger partial charge in [0.25, 0.3) is 0 Å². The molecule has 1 aliphatic heterocycles. The van der Waals surface area contributed by atoms with Gasteiger partial charge < -0.3 is 4.90 Å². The maximum atomic E-state index is 4.39. The van der Waals surface area contributed by atoms with Crippen LogP contribution in [0.5, 0.6) is 0 Å². The number of aromatic nitrogens is 1. The van der Waals surface area contributed by atoms with Crippen molar-refractivity contribution >= 4 is 16.6 Å². The Morgan fingerprint density at radius 3 is 3.11 bits per heavy atom. The molecule has 0 bridgehead atoms. The molecule has 18 heavy (non-hydrogen) atoms. The molecule has 0 aliphatic carbocycles. The van der Waals surface area contributed by atoms with Crippen LogP contribution in [0.3, 0.4) is 0 Å². The minimum atomic E-state index is 0.716. The Hall–Kier alpha value is -1.57. The lowest BCUT2D eigenvalue weighted by molar-refractivity contribution is 0.450. The van der Waals surface area contributed by atoms with Crippen molar-refractivity contribution < 1.29 is 0 Å². The van der Waals surface area contributed by atoms with E-state index in [0.29, 0.717) is 6.04 Å². The van der Waals surface area contributed by atoms with Crippen molar-refractivity contribution in [1.82, 2.24) is 4.98 Å². The fourth-order valence-corrected chi connectivity index (χ4v) is 3.01. The van der Waals surface area contributed by atoms with Crippen LogP contribution in [0.25, 0.3) is 10.9 Å². The Bertz CT molecular complexity index is 535. The van der Waals surface area contributed by atoms with E-state index in [0.717, 1.165) is 5.52 Å². The van der Waals surface area contributed by atoms with Crippen LogP contribution in [0.4, 0.5) is 5.69 Å². The van der Waals surface area contributed by atoms with Gasteiger partial charge in [-0.25, -0.2) is 0 Å². The van der Waals surface area contributed by atoms with Gasteiger partial charge in [0.2, 0.25) is 0 Å². The molecule has 0 saturated carbocycles. The molecule has 1 unspecified atom stereocenters. The number of anilines is 1. The van der Waals surface area contributed by atoms with Crippen LogP contribution in [0.1, 0.15) is 32.6 Å². The van der Waals surface area contributed by atoms with E-state index in [1.165, 1.54) is 43.3 Å². The van der Waals surface area contributed by atoms with Gasteiger partial charge in [-0.3, -0.25) is 4.98 Å². The van der Waals surface area contributed by atoms with Crippen LogP contribution in [-0.2, 0) is 0 Å². The molecule has 2 heteroatoms. The molecule has 1 atom stereocenters. The number of hydrogen-bond donors (Lipinski definition) is 0. The topological polar surface area (TPSA) is 16.1 Å². The van der Waals surface area contributed by atoms with E-state index < -0.39 is 0 Å². The fraction of sp³-hybridized carbons (Fsp3) is 0.438. The van der Waals surface area contributed by atoms with Crippen molar-refractivity contribution in [3.8, 4) is 0 Å². The summed E-state index contributed by atoms with van der Waals surface area (Å²) >= 11 is 0. The van der Waals surface area contributed by atoms with Crippen LogP contribution in [0.2, 0.25) is 0 Å². The van der Waals surface area contributed by atoms with Gasteiger partial charge >= 0.3 is 0 Å². The lowest BCUT2D eigenvalue weighted by atomic mass is 9.99. The largest absolute Gasteiger partial charge is 0.369 e. The molecule has 94 valence electrons. The van der Waals surface area contributed by atoms with E-state index in [9.17, 15) is 0 Å².